The summed E-state index contributed by atoms with van der Waals surface area (Å²) in [6.45, 7) is 0. The van der Waals surface area contributed by atoms with Gasteiger partial charge in [-0.1, -0.05) is 18.2 Å². The average Bonchev–Trinajstić information content (AvgIpc) is 2.26. The first-order chi connectivity index (χ1) is 7.25. The molecule has 15 heavy (non-hydrogen) atoms. The van der Waals surface area contributed by atoms with Crippen LogP contribution in [0, 0.1) is 0 Å². The Balaban J connectivity index is 2.26. The molecular formula is C10H8N2O3. The van der Waals surface area contributed by atoms with E-state index in [2.05, 4.69) is 4.98 Å². The fourth-order valence-corrected chi connectivity index (χ4v) is 1.20. The van der Waals surface area contributed by atoms with E-state index < -0.39 is 6.09 Å². The van der Waals surface area contributed by atoms with Crippen molar-refractivity contribution in [2.24, 2.45) is 0 Å². The third-order valence-electron chi connectivity index (χ3n) is 1.82. The number of hydrogen-bond donors (Lipinski definition) is 2. The van der Waals surface area contributed by atoms with Crippen molar-refractivity contribution in [3.8, 4) is 5.88 Å². The molecule has 0 spiro atoms. The van der Waals surface area contributed by atoms with E-state index in [-0.39, 0.29) is 5.88 Å². The summed E-state index contributed by atoms with van der Waals surface area (Å²) in [4.78, 5) is 19.0. The van der Waals surface area contributed by atoms with Crippen LogP contribution >= 0.6 is 0 Å². The summed E-state index contributed by atoms with van der Waals surface area (Å²) in [6.07, 6.45) is -1.26. The number of fused-ring (bicyclic) bond motifs is 1. The van der Waals surface area contributed by atoms with Crippen LogP contribution in [0.2, 0.25) is 0 Å². The van der Waals surface area contributed by atoms with Crippen LogP contribution in [0.3, 0.4) is 0 Å². The Kier molecular flexibility index (Phi) is 2.37. The van der Waals surface area contributed by atoms with Gasteiger partial charge in [0.05, 0.1) is 5.52 Å². The third-order valence-corrected chi connectivity index (χ3v) is 1.82. The second-order valence-electron chi connectivity index (χ2n) is 2.85. The van der Waals surface area contributed by atoms with Crippen molar-refractivity contribution < 1.29 is 14.7 Å². The minimum absolute atomic E-state index is 0.219. The molecule has 5 nitrogen and oxygen atoms in total. The molecular weight excluding hydrogens is 196 g/mol. The molecule has 76 valence electrons. The maximum atomic E-state index is 10.2. The van der Waals surface area contributed by atoms with Gasteiger partial charge in [-0.3, -0.25) is 0 Å². The van der Waals surface area contributed by atoms with Crippen molar-refractivity contribution in [1.82, 2.24) is 10.5 Å². The zero-order valence-corrected chi connectivity index (χ0v) is 7.68. The number of carbonyl (C=O) groups is 1. The molecule has 0 saturated heterocycles. The van der Waals surface area contributed by atoms with E-state index >= 15 is 0 Å². The molecule has 0 radical (unpaired) electrons. The standard InChI is InChI=1S/C10H8N2O3/c13-10(14)12-15-9-6-5-7-3-1-2-4-8(7)11-9/h1-6,12H,(H,13,14). The molecule has 1 aromatic carbocycles. The molecule has 0 aliphatic carbocycles. The maximum absolute atomic E-state index is 10.2. The van der Waals surface area contributed by atoms with E-state index in [1.807, 2.05) is 24.3 Å². The summed E-state index contributed by atoms with van der Waals surface area (Å²) < 4.78 is 0. The molecule has 0 aliphatic rings. The van der Waals surface area contributed by atoms with E-state index in [0.717, 1.165) is 10.9 Å². The minimum atomic E-state index is -1.26. The molecule has 0 atom stereocenters. The number of para-hydroxylation sites is 1. The smallest absolute Gasteiger partial charge is 0.438 e. The van der Waals surface area contributed by atoms with Crippen molar-refractivity contribution in [2.45, 2.75) is 0 Å². The molecule has 1 heterocycles. The lowest BCUT2D eigenvalue weighted by atomic mass is 10.2. The first kappa shape index (κ1) is 9.26. The molecule has 0 fully saturated rings. The first-order valence-corrected chi connectivity index (χ1v) is 4.27. The van der Waals surface area contributed by atoms with Gasteiger partial charge >= 0.3 is 6.09 Å². The van der Waals surface area contributed by atoms with Crippen LogP contribution in [0.4, 0.5) is 4.79 Å². The van der Waals surface area contributed by atoms with Crippen LogP contribution in [0.1, 0.15) is 0 Å². The second-order valence-corrected chi connectivity index (χ2v) is 2.85. The van der Waals surface area contributed by atoms with Crippen LogP contribution in [-0.4, -0.2) is 16.2 Å². The van der Waals surface area contributed by atoms with Gasteiger partial charge in [-0.15, -0.1) is 0 Å². The Morgan fingerprint density at radius 1 is 1.27 bits per heavy atom. The number of nitrogens with one attached hydrogen (secondary N) is 1. The molecule has 2 N–H and O–H groups in total. The van der Waals surface area contributed by atoms with Gasteiger partial charge < -0.3 is 9.94 Å². The Labute approximate surface area is 85.3 Å². The summed E-state index contributed by atoms with van der Waals surface area (Å²) >= 11 is 0. The lowest BCUT2D eigenvalue weighted by Gasteiger charge is -2.03. The van der Waals surface area contributed by atoms with Crippen molar-refractivity contribution in [1.29, 1.82) is 0 Å². The highest BCUT2D eigenvalue weighted by Gasteiger charge is 2.00. The van der Waals surface area contributed by atoms with Crippen molar-refractivity contribution >= 4 is 17.0 Å². The van der Waals surface area contributed by atoms with Gasteiger partial charge in [0.2, 0.25) is 5.88 Å². The lowest BCUT2D eigenvalue weighted by Crippen LogP contribution is -2.25. The largest absolute Gasteiger partial charge is 0.463 e. The normalized spacial score (nSPS) is 9.87. The van der Waals surface area contributed by atoms with Crippen LogP contribution < -0.4 is 10.3 Å². The third kappa shape index (κ3) is 2.14. The van der Waals surface area contributed by atoms with E-state index in [9.17, 15) is 4.79 Å². The Morgan fingerprint density at radius 3 is 2.87 bits per heavy atom. The molecule has 0 unspecified atom stereocenters. The Bertz CT molecular complexity index is 499. The summed E-state index contributed by atoms with van der Waals surface area (Å²) in [6, 6.07) is 10.9. The summed E-state index contributed by atoms with van der Waals surface area (Å²) in [5.74, 6) is 0.219. The molecule has 2 aromatic rings. The number of pyridine rings is 1. The average molecular weight is 204 g/mol. The molecule has 1 aromatic heterocycles. The number of aromatic nitrogens is 1. The number of carboxylic acid groups (broad SMARTS) is 1. The number of benzene rings is 1. The highest BCUT2D eigenvalue weighted by atomic mass is 16.7. The molecule has 0 bridgehead atoms. The highest BCUT2D eigenvalue weighted by molar-refractivity contribution is 5.78. The van der Waals surface area contributed by atoms with Crippen LogP contribution in [0.25, 0.3) is 10.9 Å². The molecule has 1 amide bonds. The fourth-order valence-electron chi connectivity index (χ4n) is 1.20. The SMILES string of the molecule is O=C(O)NOc1ccc2ccccc2n1. The van der Waals surface area contributed by atoms with Crippen LogP contribution in [0.5, 0.6) is 5.88 Å². The van der Waals surface area contributed by atoms with Gasteiger partial charge in [0.25, 0.3) is 0 Å². The number of hydroxylamine groups is 1. The van der Waals surface area contributed by atoms with E-state index in [0.29, 0.717) is 0 Å². The number of nitrogens with zero attached hydrogens (tertiary/aromatic N) is 1. The topological polar surface area (TPSA) is 71.5 Å². The monoisotopic (exact) mass is 204 g/mol. The van der Waals surface area contributed by atoms with Gasteiger partial charge in [0.15, 0.2) is 0 Å². The van der Waals surface area contributed by atoms with Gasteiger partial charge in [0, 0.05) is 11.5 Å². The predicted octanol–water partition coefficient (Wildman–Crippen LogP) is 1.80. The van der Waals surface area contributed by atoms with Crippen molar-refractivity contribution in [3.05, 3.63) is 36.4 Å². The maximum Gasteiger partial charge on any atom is 0.438 e. The van der Waals surface area contributed by atoms with E-state index in [1.165, 1.54) is 0 Å². The molecule has 2 rings (SSSR count). The zero-order chi connectivity index (χ0) is 10.7. The van der Waals surface area contributed by atoms with E-state index in [4.69, 9.17) is 9.94 Å². The summed E-state index contributed by atoms with van der Waals surface area (Å²) in [7, 11) is 0. The zero-order valence-electron chi connectivity index (χ0n) is 7.68. The molecule has 5 heteroatoms. The van der Waals surface area contributed by atoms with Crippen molar-refractivity contribution in [3.63, 3.8) is 0 Å². The van der Waals surface area contributed by atoms with E-state index in [1.54, 1.807) is 17.6 Å². The van der Waals surface area contributed by atoms with Crippen LogP contribution in [0.15, 0.2) is 36.4 Å². The van der Waals surface area contributed by atoms with Gasteiger partial charge in [-0.25, -0.2) is 9.78 Å². The van der Waals surface area contributed by atoms with Gasteiger partial charge in [-0.05, 0) is 12.1 Å². The van der Waals surface area contributed by atoms with Crippen LogP contribution in [-0.2, 0) is 0 Å². The number of hydrogen-bond acceptors (Lipinski definition) is 3. The van der Waals surface area contributed by atoms with Gasteiger partial charge in [0.1, 0.15) is 0 Å². The Morgan fingerprint density at radius 2 is 2.07 bits per heavy atom. The number of amides is 1. The first-order valence-electron chi connectivity index (χ1n) is 4.27. The lowest BCUT2D eigenvalue weighted by molar-refractivity contribution is 0.133. The van der Waals surface area contributed by atoms with Gasteiger partial charge in [-0.2, -0.15) is 5.48 Å². The quantitative estimate of drug-likeness (QED) is 0.731. The fraction of sp³-hybridized carbons (Fsp3) is 0. The van der Waals surface area contributed by atoms with Crippen molar-refractivity contribution in [2.75, 3.05) is 0 Å². The molecule has 0 aliphatic heterocycles. The molecule has 0 saturated carbocycles. The minimum Gasteiger partial charge on any atom is -0.463 e. The Hall–Kier alpha value is -2.30. The summed E-state index contributed by atoms with van der Waals surface area (Å²) in [5.41, 5.74) is 2.53. The second kappa shape index (κ2) is 3.83. The summed E-state index contributed by atoms with van der Waals surface area (Å²) in [5, 5.41) is 9.30. The number of rotatable bonds is 2. The predicted molar refractivity (Wildman–Crippen MR) is 53.5 cm³/mol. The highest BCUT2D eigenvalue weighted by Crippen LogP contribution is 2.15.